The molecule has 4 nitrogen and oxygen atoms in total. The number of rotatable bonds is 4. The van der Waals surface area contributed by atoms with Crippen molar-refractivity contribution in [3.8, 4) is 0 Å². The van der Waals surface area contributed by atoms with Crippen molar-refractivity contribution in [1.82, 2.24) is 15.5 Å². The largest absolute Gasteiger partial charge is 0.354 e. The maximum absolute atomic E-state index is 12.1. The number of amides is 1. The van der Waals surface area contributed by atoms with Gasteiger partial charge in [0.1, 0.15) is 0 Å². The maximum atomic E-state index is 12.1. The van der Waals surface area contributed by atoms with Gasteiger partial charge in [-0.1, -0.05) is 0 Å². The molecule has 0 saturated carbocycles. The summed E-state index contributed by atoms with van der Waals surface area (Å²) < 4.78 is 0. The molecule has 2 unspecified atom stereocenters. The fourth-order valence-electron chi connectivity index (χ4n) is 1.99. The molecule has 0 spiro atoms. The smallest absolute Gasteiger partial charge is 0.224 e. The Morgan fingerprint density at radius 1 is 1.47 bits per heavy atom. The summed E-state index contributed by atoms with van der Waals surface area (Å²) in [6.45, 7) is 8.10. The molecule has 0 aromatic carbocycles. The highest BCUT2D eigenvalue weighted by Crippen LogP contribution is 2.17. The Balaban J connectivity index is 2.44. The predicted octanol–water partition coefficient (Wildman–Crippen LogP) is 0.831. The minimum Gasteiger partial charge on any atom is -0.354 e. The van der Waals surface area contributed by atoms with E-state index in [-0.39, 0.29) is 17.4 Å². The highest BCUT2D eigenvalue weighted by Gasteiger charge is 2.29. The number of carbonyl (C=O) groups excluding carboxylic acids is 1. The van der Waals surface area contributed by atoms with E-state index in [1.165, 1.54) is 0 Å². The average Bonchev–Trinajstić information content (AvgIpc) is 2.26. The van der Waals surface area contributed by atoms with Gasteiger partial charge in [0, 0.05) is 18.1 Å². The van der Waals surface area contributed by atoms with E-state index in [1.54, 1.807) is 0 Å². The number of nitrogens with one attached hydrogen (secondary N) is 2. The van der Waals surface area contributed by atoms with Crippen LogP contribution in [0.25, 0.3) is 0 Å². The van der Waals surface area contributed by atoms with Crippen LogP contribution < -0.4 is 10.6 Å². The predicted molar refractivity (Wildman–Crippen MR) is 71.0 cm³/mol. The summed E-state index contributed by atoms with van der Waals surface area (Å²) in [7, 11) is 4.08. The minimum atomic E-state index is 0.000986. The molecule has 0 aromatic rings. The zero-order chi connectivity index (χ0) is 13.1. The number of hydrogen-bond donors (Lipinski definition) is 2. The standard InChI is InChI=1S/C13H27N3O/c1-10-11(7-6-8-14-10)12(17)15-9-13(2,3)16(4)5/h10-11,14H,6-9H2,1-5H3,(H,15,17). The van der Waals surface area contributed by atoms with Gasteiger partial charge in [-0.05, 0) is 54.3 Å². The molecule has 2 atom stereocenters. The summed E-state index contributed by atoms with van der Waals surface area (Å²) in [5.74, 6) is 0.321. The van der Waals surface area contributed by atoms with Crippen LogP contribution in [0.2, 0.25) is 0 Å². The second-order valence-electron chi connectivity index (χ2n) is 5.92. The van der Waals surface area contributed by atoms with Crippen LogP contribution in [-0.4, -0.2) is 49.6 Å². The zero-order valence-corrected chi connectivity index (χ0v) is 11.8. The average molecular weight is 241 g/mol. The molecule has 1 rings (SSSR count). The van der Waals surface area contributed by atoms with Gasteiger partial charge in [-0.2, -0.15) is 0 Å². The lowest BCUT2D eigenvalue weighted by Crippen LogP contribution is -2.52. The van der Waals surface area contributed by atoms with Crippen LogP contribution in [0.5, 0.6) is 0 Å². The highest BCUT2D eigenvalue weighted by molar-refractivity contribution is 5.79. The number of carbonyl (C=O) groups is 1. The quantitative estimate of drug-likeness (QED) is 0.766. The third-order valence-electron chi connectivity index (χ3n) is 4.00. The summed E-state index contributed by atoms with van der Waals surface area (Å²) in [5.41, 5.74) is 0.000986. The molecule has 100 valence electrons. The van der Waals surface area contributed by atoms with E-state index in [0.29, 0.717) is 12.6 Å². The van der Waals surface area contributed by atoms with Crippen LogP contribution in [0, 0.1) is 5.92 Å². The molecular weight excluding hydrogens is 214 g/mol. The van der Waals surface area contributed by atoms with Crippen molar-refractivity contribution in [3.05, 3.63) is 0 Å². The topological polar surface area (TPSA) is 44.4 Å². The van der Waals surface area contributed by atoms with Gasteiger partial charge in [0.05, 0.1) is 5.92 Å². The summed E-state index contributed by atoms with van der Waals surface area (Å²) in [4.78, 5) is 14.2. The second kappa shape index (κ2) is 5.83. The Morgan fingerprint density at radius 2 is 2.12 bits per heavy atom. The number of likely N-dealkylation sites (N-methyl/N-ethyl adjacent to an activating group) is 1. The Morgan fingerprint density at radius 3 is 2.65 bits per heavy atom. The maximum Gasteiger partial charge on any atom is 0.224 e. The molecule has 1 amide bonds. The van der Waals surface area contributed by atoms with Gasteiger partial charge in [-0.25, -0.2) is 0 Å². The molecule has 0 aliphatic carbocycles. The first-order chi connectivity index (χ1) is 7.84. The first-order valence-corrected chi connectivity index (χ1v) is 6.53. The van der Waals surface area contributed by atoms with E-state index in [1.807, 2.05) is 14.1 Å². The number of piperidine rings is 1. The lowest BCUT2D eigenvalue weighted by molar-refractivity contribution is -0.127. The van der Waals surface area contributed by atoms with Crippen molar-refractivity contribution < 1.29 is 4.79 Å². The van der Waals surface area contributed by atoms with E-state index in [4.69, 9.17) is 0 Å². The minimum absolute atomic E-state index is 0.000986. The molecule has 1 heterocycles. The van der Waals surface area contributed by atoms with E-state index < -0.39 is 0 Å². The first-order valence-electron chi connectivity index (χ1n) is 6.53. The third kappa shape index (κ3) is 3.96. The Labute approximate surface area is 105 Å². The van der Waals surface area contributed by atoms with Gasteiger partial charge >= 0.3 is 0 Å². The Kier molecular flexibility index (Phi) is 4.95. The normalized spacial score (nSPS) is 26.0. The SMILES string of the molecule is CC1NCCCC1C(=O)NCC(C)(C)N(C)C. The van der Waals surface area contributed by atoms with Crippen molar-refractivity contribution in [2.24, 2.45) is 5.92 Å². The summed E-state index contributed by atoms with van der Waals surface area (Å²) in [6.07, 6.45) is 2.10. The van der Waals surface area contributed by atoms with E-state index in [0.717, 1.165) is 19.4 Å². The van der Waals surface area contributed by atoms with Crippen LogP contribution >= 0.6 is 0 Å². The molecule has 0 radical (unpaired) electrons. The monoisotopic (exact) mass is 241 g/mol. The Hall–Kier alpha value is -0.610. The van der Waals surface area contributed by atoms with Gasteiger partial charge in [-0.3, -0.25) is 4.79 Å². The highest BCUT2D eigenvalue weighted by atomic mass is 16.1. The fourth-order valence-corrected chi connectivity index (χ4v) is 1.99. The Bertz CT molecular complexity index is 263. The van der Waals surface area contributed by atoms with Gasteiger partial charge in [0.25, 0.3) is 0 Å². The van der Waals surface area contributed by atoms with E-state index >= 15 is 0 Å². The fraction of sp³-hybridized carbons (Fsp3) is 0.923. The molecule has 4 heteroatoms. The summed E-state index contributed by atoms with van der Waals surface area (Å²) in [5, 5.41) is 6.45. The number of hydrogen-bond acceptors (Lipinski definition) is 3. The molecule has 2 N–H and O–H groups in total. The molecule has 1 aliphatic rings. The van der Waals surface area contributed by atoms with Gasteiger partial charge in [0.15, 0.2) is 0 Å². The molecule has 17 heavy (non-hydrogen) atoms. The molecule has 0 bridgehead atoms. The summed E-state index contributed by atoms with van der Waals surface area (Å²) in [6, 6.07) is 0.297. The van der Waals surface area contributed by atoms with Gasteiger partial charge < -0.3 is 15.5 Å². The van der Waals surface area contributed by atoms with Crippen LogP contribution in [0.15, 0.2) is 0 Å². The third-order valence-corrected chi connectivity index (χ3v) is 4.00. The van der Waals surface area contributed by atoms with Crippen molar-refractivity contribution >= 4 is 5.91 Å². The van der Waals surface area contributed by atoms with Crippen LogP contribution in [0.3, 0.4) is 0 Å². The van der Waals surface area contributed by atoms with E-state index in [9.17, 15) is 4.79 Å². The summed E-state index contributed by atoms with van der Waals surface area (Å²) >= 11 is 0. The first kappa shape index (κ1) is 14.5. The molecule has 1 fully saturated rings. The van der Waals surface area contributed by atoms with Crippen LogP contribution in [-0.2, 0) is 4.79 Å². The number of nitrogens with zero attached hydrogens (tertiary/aromatic N) is 1. The van der Waals surface area contributed by atoms with Crippen LogP contribution in [0.4, 0.5) is 0 Å². The van der Waals surface area contributed by atoms with Crippen LogP contribution in [0.1, 0.15) is 33.6 Å². The van der Waals surface area contributed by atoms with Crippen molar-refractivity contribution in [3.63, 3.8) is 0 Å². The molecule has 0 aromatic heterocycles. The second-order valence-corrected chi connectivity index (χ2v) is 5.92. The zero-order valence-electron chi connectivity index (χ0n) is 11.8. The molecular formula is C13H27N3O. The molecule has 1 saturated heterocycles. The lowest BCUT2D eigenvalue weighted by Gasteiger charge is -2.34. The van der Waals surface area contributed by atoms with Crippen molar-refractivity contribution in [2.45, 2.75) is 45.2 Å². The van der Waals surface area contributed by atoms with Gasteiger partial charge in [0.2, 0.25) is 5.91 Å². The van der Waals surface area contributed by atoms with Crippen molar-refractivity contribution in [2.75, 3.05) is 27.2 Å². The molecule has 1 aliphatic heterocycles. The lowest BCUT2D eigenvalue weighted by atomic mass is 9.91. The van der Waals surface area contributed by atoms with E-state index in [2.05, 4.69) is 36.3 Å². The van der Waals surface area contributed by atoms with Crippen molar-refractivity contribution in [1.29, 1.82) is 0 Å². The van der Waals surface area contributed by atoms with Gasteiger partial charge in [-0.15, -0.1) is 0 Å².